The Hall–Kier alpha value is -0.830. The Bertz CT molecular complexity index is 256. The minimum absolute atomic E-state index is 0.676. The lowest BCUT2D eigenvalue weighted by molar-refractivity contribution is 0.470. The molecule has 0 spiro atoms. The van der Waals surface area contributed by atoms with Gasteiger partial charge in [0.05, 0.1) is 6.33 Å². The largest absolute Gasteiger partial charge is 0.337 e. The zero-order valence-corrected chi connectivity index (χ0v) is 11.4. The molecule has 0 bridgehead atoms. The molecular weight excluding hydrogens is 210 g/mol. The molecule has 1 aromatic rings. The summed E-state index contributed by atoms with van der Waals surface area (Å²) < 4.78 is 2.14. The lowest BCUT2D eigenvalue weighted by Gasteiger charge is -2.13. The van der Waals surface area contributed by atoms with Gasteiger partial charge in [-0.2, -0.15) is 0 Å². The lowest BCUT2D eigenvalue weighted by atomic mass is 10.1. The van der Waals surface area contributed by atoms with Crippen LogP contribution in [0.1, 0.15) is 52.4 Å². The van der Waals surface area contributed by atoms with Gasteiger partial charge in [-0.25, -0.2) is 4.98 Å². The summed E-state index contributed by atoms with van der Waals surface area (Å²) in [6, 6.07) is 0.676. The molecule has 0 aliphatic rings. The van der Waals surface area contributed by atoms with Crippen LogP contribution in [0.25, 0.3) is 0 Å². The Balaban J connectivity index is 1.89. The first kappa shape index (κ1) is 14.2. The standard InChI is InChI=1S/C14H27N3/c1-3-4-5-8-14(2)16-9-6-7-11-17-12-10-15-13-17/h10,12-14,16H,3-9,11H2,1-2H3. The quantitative estimate of drug-likeness (QED) is 0.633. The third kappa shape index (κ3) is 7.16. The number of aromatic nitrogens is 2. The van der Waals surface area contributed by atoms with E-state index in [-0.39, 0.29) is 0 Å². The molecule has 3 nitrogen and oxygen atoms in total. The first-order valence-electron chi connectivity index (χ1n) is 7.02. The minimum atomic E-state index is 0.676. The molecule has 0 amide bonds. The average Bonchev–Trinajstić information content (AvgIpc) is 2.82. The Morgan fingerprint density at radius 1 is 1.24 bits per heavy atom. The van der Waals surface area contributed by atoms with Gasteiger partial charge in [0.15, 0.2) is 0 Å². The molecular formula is C14H27N3. The molecule has 1 N–H and O–H groups in total. The van der Waals surface area contributed by atoms with Gasteiger partial charge in [0.2, 0.25) is 0 Å². The number of nitrogens with zero attached hydrogens (tertiary/aromatic N) is 2. The molecule has 1 unspecified atom stereocenters. The van der Waals surface area contributed by atoms with Gasteiger partial charge in [-0.15, -0.1) is 0 Å². The topological polar surface area (TPSA) is 29.9 Å². The molecule has 0 aliphatic heterocycles. The van der Waals surface area contributed by atoms with Crippen molar-refractivity contribution in [3.63, 3.8) is 0 Å². The van der Waals surface area contributed by atoms with E-state index in [1.54, 1.807) is 0 Å². The van der Waals surface area contributed by atoms with Gasteiger partial charge in [-0.3, -0.25) is 0 Å². The van der Waals surface area contributed by atoms with Crippen molar-refractivity contribution in [3.8, 4) is 0 Å². The monoisotopic (exact) mass is 237 g/mol. The molecule has 17 heavy (non-hydrogen) atoms. The molecule has 0 aliphatic carbocycles. The first-order chi connectivity index (χ1) is 8.33. The number of rotatable bonds is 10. The summed E-state index contributed by atoms with van der Waals surface area (Å²) in [5.74, 6) is 0. The van der Waals surface area contributed by atoms with E-state index in [0.29, 0.717) is 6.04 Å². The van der Waals surface area contributed by atoms with Crippen LogP contribution in [0, 0.1) is 0 Å². The fraction of sp³-hybridized carbons (Fsp3) is 0.786. The van der Waals surface area contributed by atoms with Crippen LogP contribution in [0.4, 0.5) is 0 Å². The van der Waals surface area contributed by atoms with Gasteiger partial charge in [0, 0.05) is 25.0 Å². The summed E-state index contributed by atoms with van der Waals surface area (Å²) in [6.07, 6.45) is 13.6. The van der Waals surface area contributed by atoms with Gasteiger partial charge in [-0.05, 0) is 32.7 Å². The summed E-state index contributed by atoms with van der Waals surface area (Å²) in [5, 5.41) is 3.60. The van der Waals surface area contributed by atoms with Gasteiger partial charge in [0.25, 0.3) is 0 Å². The predicted molar refractivity (Wildman–Crippen MR) is 73.1 cm³/mol. The Morgan fingerprint density at radius 3 is 2.82 bits per heavy atom. The van der Waals surface area contributed by atoms with Crippen molar-refractivity contribution in [2.45, 2.75) is 65.0 Å². The molecule has 0 fully saturated rings. The van der Waals surface area contributed by atoms with Gasteiger partial charge >= 0.3 is 0 Å². The van der Waals surface area contributed by atoms with E-state index in [2.05, 4.69) is 28.7 Å². The van der Waals surface area contributed by atoms with Crippen molar-refractivity contribution >= 4 is 0 Å². The lowest BCUT2D eigenvalue weighted by Crippen LogP contribution is -2.27. The maximum atomic E-state index is 4.04. The highest BCUT2D eigenvalue weighted by Crippen LogP contribution is 2.03. The van der Waals surface area contributed by atoms with Crippen molar-refractivity contribution in [3.05, 3.63) is 18.7 Å². The summed E-state index contributed by atoms with van der Waals surface area (Å²) in [7, 11) is 0. The van der Waals surface area contributed by atoms with E-state index in [1.807, 2.05) is 18.7 Å². The first-order valence-corrected chi connectivity index (χ1v) is 7.02. The molecule has 1 rings (SSSR count). The predicted octanol–water partition coefficient (Wildman–Crippen LogP) is 3.22. The van der Waals surface area contributed by atoms with E-state index in [1.165, 1.54) is 38.5 Å². The van der Waals surface area contributed by atoms with Crippen LogP contribution in [0.3, 0.4) is 0 Å². The fourth-order valence-corrected chi connectivity index (χ4v) is 1.99. The van der Waals surface area contributed by atoms with E-state index >= 15 is 0 Å². The maximum Gasteiger partial charge on any atom is 0.0945 e. The maximum absolute atomic E-state index is 4.04. The van der Waals surface area contributed by atoms with Crippen LogP contribution in [-0.2, 0) is 6.54 Å². The highest BCUT2D eigenvalue weighted by atomic mass is 15.0. The Morgan fingerprint density at radius 2 is 2.12 bits per heavy atom. The normalized spacial score (nSPS) is 12.8. The molecule has 1 aromatic heterocycles. The van der Waals surface area contributed by atoms with Gasteiger partial charge in [-0.1, -0.05) is 26.2 Å². The molecule has 1 heterocycles. The summed E-state index contributed by atoms with van der Waals surface area (Å²) >= 11 is 0. The molecule has 0 radical (unpaired) electrons. The molecule has 1 atom stereocenters. The molecule has 0 saturated carbocycles. The van der Waals surface area contributed by atoms with Crippen LogP contribution in [0.15, 0.2) is 18.7 Å². The van der Waals surface area contributed by atoms with E-state index in [4.69, 9.17) is 0 Å². The minimum Gasteiger partial charge on any atom is -0.337 e. The second-order valence-corrected chi connectivity index (χ2v) is 4.86. The zero-order chi connectivity index (χ0) is 12.3. The Kier molecular flexibility index (Phi) is 7.72. The van der Waals surface area contributed by atoms with E-state index in [9.17, 15) is 0 Å². The third-order valence-electron chi connectivity index (χ3n) is 3.14. The Labute approximate surface area is 106 Å². The summed E-state index contributed by atoms with van der Waals surface area (Å²) in [6.45, 7) is 6.79. The smallest absolute Gasteiger partial charge is 0.0945 e. The number of hydrogen-bond donors (Lipinski definition) is 1. The van der Waals surface area contributed by atoms with Crippen molar-refractivity contribution in [1.29, 1.82) is 0 Å². The van der Waals surface area contributed by atoms with E-state index < -0.39 is 0 Å². The number of imidazole rings is 1. The second-order valence-electron chi connectivity index (χ2n) is 4.86. The van der Waals surface area contributed by atoms with Crippen LogP contribution in [0.2, 0.25) is 0 Å². The van der Waals surface area contributed by atoms with Gasteiger partial charge < -0.3 is 9.88 Å². The number of aryl methyl sites for hydroxylation is 1. The molecule has 3 heteroatoms. The highest BCUT2D eigenvalue weighted by molar-refractivity contribution is 4.73. The molecule has 0 aromatic carbocycles. The highest BCUT2D eigenvalue weighted by Gasteiger charge is 1.99. The second kappa shape index (κ2) is 9.23. The third-order valence-corrected chi connectivity index (χ3v) is 3.14. The number of nitrogens with one attached hydrogen (secondary N) is 1. The van der Waals surface area contributed by atoms with E-state index in [0.717, 1.165) is 13.1 Å². The number of unbranched alkanes of at least 4 members (excludes halogenated alkanes) is 3. The van der Waals surface area contributed by atoms with Gasteiger partial charge in [0.1, 0.15) is 0 Å². The number of hydrogen-bond acceptors (Lipinski definition) is 2. The molecule has 0 saturated heterocycles. The van der Waals surface area contributed by atoms with Crippen molar-refractivity contribution in [2.24, 2.45) is 0 Å². The van der Waals surface area contributed by atoms with Crippen LogP contribution >= 0.6 is 0 Å². The average molecular weight is 237 g/mol. The van der Waals surface area contributed by atoms with Crippen LogP contribution in [-0.4, -0.2) is 22.1 Å². The van der Waals surface area contributed by atoms with Crippen LogP contribution < -0.4 is 5.32 Å². The summed E-state index contributed by atoms with van der Waals surface area (Å²) in [5.41, 5.74) is 0. The fourth-order valence-electron chi connectivity index (χ4n) is 1.99. The van der Waals surface area contributed by atoms with Crippen molar-refractivity contribution < 1.29 is 0 Å². The van der Waals surface area contributed by atoms with Crippen molar-refractivity contribution in [2.75, 3.05) is 6.54 Å². The molecule has 98 valence electrons. The summed E-state index contributed by atoms with van der Waals surface area (Å²) in [4.78, 5) is 4.04. The SMILES string of the molecule is CCCCCC(C)NCCCCn1ccnc1. The zero-order valence-electron chi connectivity index (χ0n) is 11.4. The van der Waals surface area contributed by atoms with Crippen molar-refractivity contribution in [1.82, 2.24) is 14.9 Å². The van der Waals surface area contributed by atoms with Crippen LogP contribution in [0.5, 0.6) is 0 Å².